The van der Waals surface area contributed by atoms with Crippen LogP contribution in [0.1, 0.15) is 33.6 Å². The highest BCUT2D eigenvalue weighted by molar-refractivity contribution is 7.23. The Morgan fingerprint density at radius 1 is 1.13 bits per heavy atom. The molecule has 9 heteroatoms. The number of thiazole rings is 1. The van der Waals surface area contributed by atoms with Gasteiger partial charge >= 0.3 is 0 Å². The molecule has 1 N–H and O–H groups in total. The number of thiophene rings is 1. The summed E-state index contributed by atoms with van der Waals surface area (Å²) in [5, 5.41) is 16.2. The highest BCUT2D eigenvalue weighted by atomic mass is 35.5. The molecule has 0 bridgehead atoms. The summed E-state index contributed by atoms with van der Waals surface area (Å²) in [7, 11) is 0. The molecule has 4 aromatic rings. The zero-order chi connectivity index (χ0) is 21.5. The second kappa shape index (κ2) is 8.03. The molecule has 5 rings (SSSR count). The van der Waals surface area contributed by atoms with Crippen LogP contribution in [0.5, 0.6) is 0 Å². The number of benzene rings is 2. The van der Waals surface area contributed by atoms with Gasteiger partial charge in [-0.1, -0.05) is 23.7 Å². The number of amides is 1. The lowest BCUT2D eigenvalue weighted by atomic mass is 9.95. The SMILES string of the molecule is O=C(Nc1sc2c(c1-c1nc3ccccc3s1)CCCC2)c1cc(Cl)ccc1[N+](=O)[O-]. The fourth-order valence-corrected chi connectivity index (χ4v) is 6.45. The molecule has 0 unspecified atom stereocenters. The van der Waals surface area contributed by atoms with Gasteiger partial charge in [0.25, 0.3) is 11.6 Å². The second-order valence-electron chi connectivity index (χ2n) is 7.27. The Morgan fingerprint density at radius 3 is 2.74 bits per heavy atom. The number of anilines is 1. The number of rotatable bonds is 4. The molecule has 2 heterocycles. The van der Waals surface area contributed by atoms with E-state index in [1.165, 1.54) is 28.6 Å². The van der Waals surface area contributed by atoms with Crippen molar-refractivity contribution in [3.8, 4) is 10.6 Å². The quantitative estimate of drug-likeness (QED) is 0.265. The summed E-state index contributed by atoms with van der Waals surface area (Å²) in [6.45, 7) is 0. The lowest BCUT2D eigenvalue weighted by Gasteiger charge is -2.12. The number of halogens is 1. The van der Waals surface area contributed by atoms with Crippen LogP contribution in [0.4, 0.5) is 10.7 Å². The summed E-state index contributed by atoms with van der Waals surface area (Å²) < 4.78 is 1.08. The molecule has 0 spiro atoms. The molecule has 31 heavy (non-hydrogen) atoms. The van der Waals surface area contributed by atoms with Crippen molar-refractivity contribution < 1.29 is 9.72 Å². The van der Waals surface area contributed by atoms with Gasteiger partial charge < -0.3 is 5.32 Å². The molecule has 0 saturated carbocycles. The Bertz CT molecular complexity index is 1310. The van der Waals surface area contributed by atoms with Gasteiger partial charge in [-0.2, -0.15) is 0 Å². The molecule has 6 nitrogen and oxygen atoms in total. The summed E-state index contributed by atoms with van der Waals surface area (Å²) in [6.07, 6.45) is 4.10. The molecule has 0 radical (unpaired) electrons. The molecule has 0 aliphatic heterocycles. The third-order valence-corrected chi connectivity index (χ3v) is 7.80. The first kappa shape index (κ1) is 20.1. The smallest absolute Gasteiger partial charge is 0.282 e. The van der Waals surface area contributed by atoms with E-state index in [2.05, 4.69) is 5.32 Å². The third kappa shape index (κ3) is 3.71. The summed E-state index contributed by atoms with van der Waals surface area (Å²) in [5.41, 5.74) is 2.76. The van der Waals surface area contributed by atoms with Crippen molar-refractivity contribution in [2.45, 2.75) is 25.7 Å². The van der Waals surface area contributed by atoms with E-state index >= 15 is 0 Å². The van der Waals surface area contributed by atoms with E-state index in [-0.39, 0.29) is 16.3 Å². The number of hydrogen-bond acceptors (Lipinski definition) is 6. The largest absolute Gasteiger partial charge is 0.313 e. The lowest BCUT2D eigenvalue weighted by molar-refractivity contribution is -0.385. The fourth-order valence-electron chi connectivity index (χ4n) is 3.88. The molecule has 0 fully saturated rings. The lowest BCUT2D eigenvalue weighted by Crippen LogP contribution is -2.14. The average molecular weight is 470 g/mol. The molecule has 1 amide bonds. The minimum atomic E-state index is -0.570. The van der Waals surface area contributed by atoms with Gasteiger partial charge in [-0.25, -0.2) is 4.98 Å². The number of para-hydroxylation sites is 1. The Labute approximate surface area is 190 Å². The first-order valence-corrected chi connectivity index (χ1v) is 11.8. The van der Waals surface area contributed by atoms with Crippen molar-refractivity contribution in [1.29, 1.82) is 0 Å². The van der Waals surface area contributed by atoms with Crippen LogP contribution in [0, 0.1) is 10.1 Å². The zero-order valence-corrected chi connectivity index (χ0v) is 18.6. The maximum Gasteiger partial charge on any atom is 0.282 e. The van der Waals surface area contributed by atoms with E-state index < -0.39 is 10.8 Å². The maximum absolute atomic E-state index is 13.1. The number of hydrogen-bond donors (Lipinski definition) is 1. The Balaban J connectivity index is 1.60. The number of aromatic nitrogens is 1. The number of carbonyl (C=O) groups excluding carboxylic acids is 1. The fraction of sp³-hybridized carbons (Fsp3) is 0.182. The van der Waals surface area contributed by atoms with E-state index in [1.54, 1.807) is 22.7 Å². The Hall–Kier alpha value is -2.81. The van der Waals surface area contributed by atoms with E-state index in [9.17, 15) is 14.9 Å². The first-order chi connectivity index (χ1) is 15.0. The third-order valence-electron chi connectivity index (χ3n) is 5.31. The van der Waals surface area contributed by atoms with Crippen molar-refractivity contribution >= 4 is 61.1 Å². The number of carbonyl (C=O) groups is 1. The Kier molecular flexibility index (Phi) is 5.21. The molecule has 1 aliphatic rings. The zero-order valence-electron chi connectivity index (χ0n) is 16.2. The van der Waals surface area contributed by atoms with E-state index in [0.717, 1.165) is 46.5 Å². The van der Waals surface area contributed by atoms with Gasteiger partial charge in [0.15, 0.2) is 0 Å². The summed E-state index contributed by atoms with van der Waals surface area (Å²) in [5.74, 6) is -0.546. The van der Waals surface area contributed by atoms with Gasteiger partial charge in [0.1, 0.15) is 15.6 Å². The molecular formula is C22H16ClN3O3S2. The number of nitrogens with one attached hydrogen (secondary N) is 1. The topological polar surface area (TPSA) is 85.1 Å². The maximum atomic E-state index is 13.1. The predicted molar refractivity (Wildman–Crippen MR) is 126 cm³/mol. The van der Waals surface area contributed by atoms with Crippen LogP contribution in [0.15, 0.2) is 42.5 Å². The standard InChI is InChI=1S/C22H16ClN3O3S2/c23-12-9-10-16(26(28)29)14(11-12)20(27)25-22-19(13-5-1-3-7-17(13)30-22)21-24-15-6-2-4-8-18(15)31-21/h2,4,6,8-11H,1,3,5,7H2,(H,25,27). The first-order valence-electron chi connectivity index (χ1n) is 9.77. The number of nitrogens with zero attached hydrogens (tertiary/aromatic N) is 2. The summed E-state index contributed by atoms with van der Waals surface area (Å²) >= 11 is 9.15. The number of nitro benzene ring substituents is 1. The van der Waals surface area contributed by atoms with Crippen LogP contribution in [0.3, 0.4) is 0 Å². The molecule has 2 aromatic carbocycles. The molecule has 2 aromatic heterocycles. The average Bonchev–Trinajstić information content (AvgIpc) is 3.33. The predicted octanol–water partition coefficient (Wildman–Crippen LogP) is 6.72. The van der Waals surface area contributed by atoms with E-state index in [4.69, 9.17) is 16.6 Å². The van der Waals surface area contributed by atoms with Gasteiger partial charge in [0.2, 0.25) is 0 Å². The molecule has 0 atom stereocenters. The van der Waals surface area contributed by atoms with E-state index in [0.29, 0.717) is 5.00 Å². The molecule has 0 saturated heterocycles. The van der Waals surface area contributed by atoms with Gasteiger partial charge in [0.05, 0.1) is 15.1 Å². The normalized spacial score (nSPS) is 13.2. The molecule has 1 aliphatic carbocycles. The van der Waals surface area contributed by atoms with Gasteiger partial charge in [-0.05, 0) is 55.5 Å². The van der Waals surface area contributed by atoms with Crippen molar-refractivity contribution in [3.63, 3.8) is 0 Å². The van der Waals surface area contributed by atoms with Crippen LogP contribution in [0.25, 0.3) is 20.8 Å². The monoisotopic (exact) mass is 469 g/mol. The van der Waals surface area contributed by atoms with Crippen molar-refractivity contribution in [2.24, 2.45) is 0 Å². The summed E-state index contributed by atoms with van der Waals surface area (Å²) in [4.78, 5) is 30.0. The van der Waals surface area contributed by atoms with Crippen molar-refractivity contribution in [2.75, 3.05) is 5.32 Å². The summed E-state index contributed by atoms with van der Waals surface area (Å²) in [6, 6.07) is 11.9. The molecular weight excluding hydrogens is 454 g/mol. The Morgan fingerprint density at radius 2 is 1.94 bits per heavy atom. The van der Waals surface area contributed by atoms with Crippen LogP contribution < -0.4 is 5.32 Å². The minimum absolute atomic E-state index is 0.0564. The highest BCUT2D eigenvalue weighted by Crippen LogP contribution is 2.46. The van der Waals surface area contributed by atoms with Crippen LogP contribution in [-0.4, -0.2) is 15.8 Å². The number of nitro groups is 1. The van der Waals surface area contributed by atoms with Crippen molar-refractivity contribution in [3.05, 3.63) is 73.6 Å². The number of fused-ring (bicyclic) bond motifs is 2. The van der Waals surface area contributed by atoms with Crippen LogP contribution >= 0.6 is 34.3 Å². The molecule has 156 valence electrons. The van der Waals surface area contributed by atoms with Crippen LogP contribution in [0.2, 0.25) is 5.02 Å². The van der Waals surface area contributed by atoms with Gasteiger partial charge in [-0.15, -0.1) is 22.7 Å². The van der Waals surface area contributed by atoms with Gasteiger partial charge in [-0.3, -0.25) is 14.9 Å². The van der Waals surface area contributed by atoms with Crippen LogP contribution in [-0.2, 0) is 12.8 Å². The van der Waals surface area contributed by atoms with Crippen molar-refractivity contribution in [1.82, 2.24) is 4.98 Å². The van der Waals surface area contributed by atoms with E-state index in [1.807, 2.05) is 24.3 Å². The number of aryl methyl sites for hydroxylation is 1. The minimum Gasteiger partial charge on any atom is -0.313 e. The highest BCUT2D eigenvalue weighted by Gasteiger charge is 2.27. The second-order valence-corrected chi connectivity index (χ2v) is 9.85. The van der Waals surface area contributed by atoms with Gasteiger partial charge in [0, 0.05) is 21.5 Å².